The number of thiazole rings is 2. The van der Waals surface area contributed by atoms with Gasteiger partial charge >= 0.3 is 0 Å². The molecule has 1 unspecified atom stereocenters. The highest BCUT2D eigenvalue weighted by molar-refractivity contribution is 7.80. The van der Waals surface area contributed by atoms with E-state index in [9.17, 15) is 9.00 Å². The summed E-state index contributed by atoms with van der Waals surface area (Å²) in [4.78, 5) is 18.9. The van der Waals surface area contributed by atoms with Crippen molar-refractivity contribution < 1.29 is 13.6 Å². The second-order valence-electron chi connectivity index (χ2n) is 6.76. The number of nitrogens with one attached hydrogen (secondary N) is 1. The Morgan fingerprint density at radius 2 is 1.87 bits per heavy atom. The molecule has 1 aromatic carbocycles. The van der Waals surface area contributed by atoms with Gasteiger partial charge in [0.2, 0.25) is 0 Å². The van der Waals surface area contributed by atoms with Crippen LogP contribution in [-0.4, -0.2) is 29.9 Å². The molecule has 1 atom stereocenters. The van der Waals surface area contributed by atoms with Crippen LogP contribution in [0.5, 0.6) is 0 Å². The van der Waals surface area contributed by atoms with E-state index in [0.717, 1.165) is 31.4 Å². The molecule has 0 saturated heterocycles. The SMILES string of the molecule is C/C(=N\N(C(=O)c1sc(NS(=O)O)nc1C)c1ccc(C)cc1)c1sc(=S)n(C)c1C. The minimum absolute atomic E-state index is 0.183. The van der Waals surface area contributed by atoms with E-state index in [-0.39, 0.29) is 11.0 Å². The lowest BCUT2D eigenvalue weighted by molar-refractivity contribution is 0.0990. The molecule has 0 bridgehead atoms. The Morgan fingerprint density at radius 1 is 1.23 bits per heavy atom. The first kappa shape index (κ1) is 23.4. The van der Waals surface area contributed by atoms with Crippen LogP contribution < -0.4 is 9.73 Å². The molecule has 3 aromatic rings. The van der Waals surface area contributed by atoms with Crippen LogP contribution in [0.3, 0.4) is 0 Å². The highest BCUT2D eigenvalue weighted by Crippen LogP contribution is 2.28. The summed E-state index contributed by atoms with van der Waals surface area (Å²) in [6.45, 7) is 7.43. The lowest BCUT2D eigenvalue weighted by Gasteiger charge is -2.18. The third-order valence-electron chi connectivity index (χ3n) is 4.51. The number of benzene rings is 1. The normalized spacial score (nSPS) is 12.6. The van der Waals surface area contributed by atoms with E-state index in [1.165, 1.54) is 16.3 Å². The number of hydrogen-bond donors (Lipinski definition) is 2. The first-order valence-corrected chi connectivity index (χ1v) is 12.2. The van der Waals surface area contributed by atoms with Crippen molar-refractivity contribution in [2.75, 3.05) is 9.73 Å². The van der Waals surface area contributed by atoms with Crippen LogP contribution >= 0.6 is 34.9 Å². The minimum atomic E-state index is -2.28. The van der Waals surface area contributed by atoms with E-state index < -0.39 is 11.3 Å². The molecule has 0 aliphatic carbocycles. The average molecular weight is 496 g/mol. The predicted octanol–water partition coefficient (Wildman–Crippen LogP) is 4.82. The van der Waals surface area contributed by atoms with Gasteiger partial charge in [0, 0.05) is 12.7 Å². The van der Waals surface area contributed by atoms with Crippen LogP contribution in [0.15, 0.2) is 29.4 Å². The number of aryl methyl sites for hydroxylation is 2. The molecular formula is C19H21N5O3S4. The zero-order chi connectivity index (χ0) is 22.9. The van der Waals surface area contributed by atoms with Gasteiger partial charge in [-0.3, -0.25) is 14.1 Å². The number of hydrogen-bond acceptors (Lipinski definition) is 7. The lowest BCUT2D eigenvalue weighted by atomic mass is 10.2. The van der Waals surface area contributed by atoms with Crippen LogP contribution in [0.4, 0.5) is 10.8 Å². The molecule has 12 heteroatoms. The van der Waals surface area contributed by atoms with Crippen molar-refractivity contribution in [3.63, 3.8) is 0 Å². The summed E-state index contributed by atoms with van der Waals surface area (Å²) in [6, 6.07) is 7.45. The van der Waals surface area contributed by atoms with Gasteiger partial charge in [-0.1, -0.05) is 29.0 Å². The zero-order valence-corrected chi connectivity index (χ0v) is 20.8. The van der Waals surface area contributed by atoms with Gasteiger partial charge in [-0.05, 0) is 52.0 Å². The standard InChI is InChI=1S/C19H21N5O3S4/c1-10-6-8-14(9-7-10)24(21-12(3)15-13(4)23(5)19(28)30-15)17(25)16-11(2)20-18(29-16)22-31(26)27/h6-9H,1-5H3,(H,20,22)(H,26,27)/b21-12+. The van der Waals surface area contributed by atoms with Crippen molar-refractivity contribution in [1.82, 2.24) is 9.55 Å². The summed E-state index contributed by atoms with van der Waals surface area (Å²) in [5.41, 5.74) is 3.72. The Bertz CT molecular complexity index is 1240. The van der Waals surface area contributed by atoms with Gasteiger partial charge in [0.15, 0.2) is 9.09 Å². The van der Waals surface area contributed by atoms with Crippen molar-refractivity contribution in [3.05, 3.63) is 54.9 Å². The van der Waals surface area contributed by atoms with Crippen LogP contribution in [-0.2, 0) is 18.3 Å². The maximum Gasteiger partial charge on any atom is 0.290 e. The van der Waals surface area contributed by atoms with Crippen molar-refractivity contribution >= 4 is 68.6 Å². The molecule has 0 spiro atoms. The number of anilines is 2. The smallest absolute Gasteiger partial charge is 0.290 e. The Hall–Kier alpha value is -2.25. The Labute approximate surface area is 195 Å². The van der Waals surface area contributed by atoms with Gasteiger partial charge in [0.25, 0.3) is 17.2 Å². The summed E-state index contributed by atoms with van der Waals surface area (Å²) in [5.74, 6) is -0.382. The number of carbonyl (C=O) groups excluding carboxylic acids is 1. The molecule has 0 radical (unpaired) electrons. The molecule has 1 amide bonds. The van der Waals surface area contributed by atoms with E-state index in [2.05, 4.69) is 14.8 Å². The van der Waals surface area contributed by atoms with E-state index in [1.807, 2.05) is 56.7 Å². The monoisotopic (exact) mass is 495 g/mol. The van der Waals surface area contributed by atoms with Gasteiger partial charge in [0.05, 0.1) is 22.0 Å². The third-order valence-corrected chi connectivity index (χ3v) is 7.84. The van der Waals surface area contributed by atoms with E-state index in [1.54, 1.807) is 6.92 Å². The molecule has 0 aliphatic rings. The second kappa shape index (κ2) is 9.49. The van der Waals surface area contributed by atoms with Gasteiger partial charge in [0.1, 0.15) is 4.88 Å². The van der Waals surface area contributed by atoms with Crippen molar-refractivity contribution in [3.8, 4) is 0 Å². The first-order chi connectivity index (χ1) is 14.6. The quantitative estimate of drug-likeness (QED) is 0.221. The van der Waals surface area contributed by atoms with E-state index in [0.29, 0.717) is 22.0 Å². The molecule has 8 nitrogen and oxygen atoms in total. The molecule has 2 heterocycles. The van der Waals surface area contributed by atoms with Crippen LogP contribution in [0.1, 0.15) is 38.4 Å². The largest absolute Gasteiger partial charge is 0.330 e. The molecule has 2 aromatic heterocycles. The van der Waals surface area contributed by atoms with Crippen molar-refractivity contribution in [1.29, 1.82) is 0 Å². The average Bonchev–Trinajstić information content (AvgIpc) is 3.19. The van der Waals surface area contributed by atoms with Crippen LogP contribution in [0.25, 0.3) is 0 Å². The maximum atomic E-state index is 13.5. The fourth-order valence-corrected chi connectivity index (χ4v) is 5.39. The summed E-state index contributed by atoms with van der Waals surface area (Å²) in [7, 11) is 1.90. The topological polar surface area (TPSA) is 99.8 Å². The van der Waals surface area contributed by atoms with Crippen molar-refractivity contribution in [2.45, 2.75) is 27.7 Å². The number of nitrogens with zero attached hydrogens (tertiary/aromatic N) is 4. The molecule has 2 N–H and O–H groups in total. The molecule has 3 rings (SSSR count). The fourth-order valence-electron chi connectivity index (χ4n) is 2.77. The molecule has 0 aliphatic heterocycles. The molecule has 0 saturated carbocycles. The Morgan fingerprint density at radius 3 is 2.42 bits per heavy atom. The number of carbonyl (C=O) groups is 1. The van der Waals surface area contributed by atoms with Gasteiger partial charge in [-0.15, -0.1) is 11.3 Å². The van der Waals surface area contributed by atoms with E-state index in [4.69, 9.17) is 16.8 Å². The zero-order valence-electron chi connectivity index (χ0n) is 17.5. The second-order valence-corrected chi connectivity index (χ2v) is 10.1. The lowest BCUT2D eigenvalue weighted by Crippen LogP contribution is -2.27. The van der Waals surface area contributed by atoms with E-state index >= 15 is 0 Å². The van der Waals surface area contributed by atoms with Gasteiger partial charge < -0.3 is 4.57 Å². The molecular weight excluding hydrogens is 475 g/mol. The Balaban J connectivity index is 2.09. The highest BCUT2D eigenvalue weighted by atomic mass is 32.2. The third kappa shape index (κ3) is 5.15. The van der Waals surface area contributed by atoms with Gasteiger partial charge in [-0.25, -0.2) is 9.19 Å². The maximum absolute atomic E-state index is 13.5. The fraction of sp³-hybridized carbons (Fsp3) is 0.263. The number of amides is 1. The number of aromatic nitrogens is 2. The molecule has 0 fully saturated rings. The highest BCUT2D eigenvalue weighted by Gasteiger charge is 2.24. The molecule has 31 heavy (non-hydrogen) atoms. The molecule has 164 valence electrons. The Kier molecular flexibility index (Phi) is 7.17. The van der Waals surface area contributed by atoms with Crippen molar-refractivity contribution in [2.24, 2.45) is 12.1 Å². The number of rotatable bonds is 6. The van der Waals surface area contributed by atoms with Crippen LogP contribution in [0.2, 0.25) is 0 Å². The predicted molar refractivity (Wildman–Crippen MR) is 130 cm³/mol. The summed E-state index contributed by atoms with van der Waals surface area (Å²) in [5, 5.41) is 6.16. The summed E-state index contributed by atoms with van der Waals surface area (Å²) < 4.78 is 25.0. The minimum Gasteiger partial charge on any atom is -0.330 e. The van der Waals surface area contributed by atoms with Crippen LogP contribution in [0, 0.1) is 24.7 Å². The number of hydrazone groups is 1. The van der Waals surface area contributed by atoms with Gasteiger partial charge in [-0.2, -0.15) is 10.1 Å². The first-order valence-electron chi connectivity index (χ1n) is 9.06. The summed E-state index contributed by atoms with van der Waals surface area (Å²) >= 11 is 5.53. The summed E-state index contributed by atoms with van der Waals surface area (Å²) in [6.07, 6.45) is 0.